The van der Waals surface area contributed by atoms with Crippen molar-refractivity contribution < 1.29 is 14.6 Å². The minimum absolute atomic E-state index is 0.145. The van der Waals surface area contributed by atoms with Gasteiger partial charge >= 0.3 is 5.97 Å². The van der Waals surface area contributed by atoms with Gasteiger partial charge in [-0.15, -0.1) is 0 Å². The van der Waals surface area contributed by atoms with Crippen molar-refractivity contribution in [3.05, 3.63) is 22.4 Å². The molecule has 1 saturated carbocycles. The molecule has 0 amide bonds. The highest BCUT2D eigenvalue weighted by molar-refractivity contribution is 9.10. The number of hydrogen-bond acceptors (Lipinski definition) is 3. The molecule has 1 N–H and O–H groups in total. The summed E-state index contributed by atoms with van der Waals surface area (Å²) < 4.78 is 5.87. The fraction of sp³-hybridized carbons (Fsp3) is 0.333. The van der Waals surface area contributed by atoms with Crippen LogP contribution in [0.1, 0.15) is 23.2 Å². The van der Waals surface area contributed by atoms with Crippen molar-refractivity contribution in [1.82, 2.24) is 4.98 Å². The Morgan fingerprint density at radius 3 is 2.86 bits per heavy atom. The van der Waals surface area contributed by atoms with Crippen LogP contribution in [0.3, 0.4) is 0 Å². The highest BCUT2D eigenvalue weighted by Crippen LogP contribution is 2.31. The zero-order chi connectivity index (χ0) is 10.1. The Labute approximate surface area is 89.0 Å². The van der Waals surface area contributed by atoms with Gasteiger partial charge in [-0.1, -0.05) is 0 Å². The fourth-order valence-electron chi connectivity index (χ4n) is 1.08. The van der Waals surface area contributed by atoms with E-state index < -0.39 is 5.97 Å². The van der Waals surface area contributed by atoms with Gasteiger partial charge in [0.25, 0.3) is 0 Å². The van der Waals surface area contributed by atoms with Gasteiger partial charge in [0.05, 0.1) is 16.8 Å². The van der Waals surface area contributed by atoms with E-state index in [0.29, 0.717) is 10.2 Å². The quantitative estimate of drug-likeness (QED) is 0.901. The number of nitrogens with zero attached hydrogens (tertiary/aromatic N) is 1. The number of pyridine rings is 1. The van der Waals surface area contributed by atoms with Crippen LogP contribution >= 0.6 is 15.9 Å². The van der Waals surface area contributed by atoms with Crippen LogP contribution in [-0.4, -0.2) is 22.2 Å². The Balaban J connectivity index is 2.35. The van der Waals surface area contributed by atoms with Gasteiger partial charge in [0.15, 0.2) is 5.75 Å². The fourth-order valence-corrected chi connectivity index (χ4v) is 1.56. The molecule has 4 nitrogen and oxygen atoms in total. The van der Waals surface area contributed by atoms with E-state index in [1.165, 1.54) is 12.4 Å². The smallest absolute Gasteiger partial charge is 0.340 e. The number of carboxylic acid groups (broad SMARTS) is 1. The van der Waals surface area contributed by atoms with Gasteiger partial charge in [0.2, 0.25) is 0 Å². The highest BCUT2D eigenvalue weighted by Gasteiger charge is 2.26. The maximum absolute atomic E-state index is 10.9. The lowest BCUT2D eigenvalue weighted by molar-refractivity contribution is 0.0690. The molecule has 0 atom stereocenters. The summed E-state index contributed by atoms with van der Waals surface area (Å²) in [6, 6.07) is 0. The number of hydrogen-bond donors (Lipinski definition) is 1. The molecule has 0 bridgehead atoms. The second kappa shape index (κ2) is 3.57. The van der Waals surface area contributed by atoms with Gasteiger partial charge in [-0.05, 0) is 28.8 Å². The maximum atomic E-state index is 10.9. The second-order valence-corrected chi connectivity index (χ2v) is 3.97. The van der Waals surface area contributed by atoms with Crippen LogP contribution in [0, 0.1) is 0 Å². The summed E-state index contributed by atoms with van der Waals surface area (Å²) in [6.07, 6.45) is 5.04. The molecule has 5 heteroatoms. The molecule has 14 heavy (non-hydrogen) atoms. The lowest BCUT2D eigenvalue weighted by Crippen LogP contribution is -2.06. The van der Waals surface area contributed by atoms with Crippen molar-refractivity contribution in [2.45, 2.75) is 18.9 Å². The standard InChI is InChI=1S/C9H8BrNO3/c10-6-3-11-4-7(8(6)9(12)13)14-5-1-2-5/h3-5H,1-2H2,(H,12,13). The minimum Gasteiger partial charge on any atom is -0.488 e. The topological polar surface area (TPSA) is 59.4 Å². The Kier molecular flexibility index (Phi) is 2.41. The van der Waals surface area contributed by atoms with Crippen LogP contribution in [0.2, 0.25) is 0 Å². The Morgan fingerprint density at radius 1 is 1.57 bits per heavy atom. The average molecular weight is 258 g/mol. The van der Waals surface area contributed by atoms with Crippen molar-refractivity contribution in [3.8, 4) is 5.75 Å². The Bertz CT molecular complexity index is 376. The van der Waals surface area contributed by atoms with Crippen LogP contribution < -0.4 is 4.74 Å². The van der Waals surface area contributed by atoms with E-state index in [9.17, 15) is 4.79 Å². The van der Waals surface area contributed by atoms with E-state index in [-0.39, 0.29) is 11.7 Å². The zero-order valence-electron chi connectivity index (χ0n) is 7.24. The molecule has 0 aliphatic heterocycles. The molecule has 0 aromatic carbocycles. The molecule has 1 aliphatic carbocycles. The number of rotatable bonds is 3. The Morgan fingerprint density at radius 2 is 2.29 bits per heavy atom. The predicted octanol–water partition coefficient (Wildman–Crippen LogP) is 2.08. The summed E-state index contributed by atoms with van der Waals surface area (Å²) in [7, 11) is 0. The van der Waals surface area contributed by atoms with Gasteiger partial charge in [-0.25, -0.2) is 4.79 Å². The lowest BCUT2D eigenvalue weighted by atomic mass is 10.2. The molecule has 0 unspecified atom stereocenters. The first-order valence-electron chi connectivity index (χ1n) is 4.22. The van der Waals surface area contributed by atoms with Crippen molar-refractivity contribution in [2.24, 2.45) is 0 Å². The summed E-state index contributed by atoms with van der Waals surface area (Å²) in [6.45, 7) is 0. The highest BCUT2D eigenvalue weighted by atomic mass is 79.9. The van der Waals surface area contributed by atoms with Crippen LogP contribution in [-0.2, 0) is 0 Å². The van der Waals surface area contributed by atoms with E-state index in [0.717, 1.165) is 12.8 Å². The third-order valence-corrected chi connectivity index (χ3v) is 2.50. The van der Waals surface area contributed by atoms with E-state index >= 15 is 0 Å². The average Bonchev–Trinajstić information content (AvgIpc) is 2.87. The molecule has 1 aromatic heterocycles. The van der Waals surface area contributed by atoms with E-state index in [1.54, 1.807) is 0 Å². The number of aromatic nitrogens is 1. The summed E-state index contributed by atoms with van der Waals surface area (Å²) in [4.78, 5) is 14.8. The summed E-state index contributed by atoms with van der Waals surface area (Å²) >= 11 is 3.13. The minimum atomic E-state index is -1.00. The maximum Gasteiger partial charge on any atom is 0.340 e. The molecule has 1 heterocycles. The third kappa shape index (κ3) is 1.87. The second-order valence-electron chi connectivity index (χ2n) is 3.12. The number of carboxylic acids is 1. The van der Waals surface area contributed by atoms with Gasteiger partial charge in [0.1, 0.15) is 5.56 Å². The molecule has 1 fully saturated rings. The number of halogens is 1. The molecule has 2 rings (SSSR count). The monoisotopic (exact) mass is 257 g/mol. The lowest BCUT2D eigenvalue weighted by Gasteiger charge is -2.07. The molecule has 1 aliphatic rings. The number of ether oxygens (including phenoxy) is 1. The van der Waals surface area contributed by atoms with Crippen LogP contribution in [0.25, 0.3) is 0 Å². The zero-order valence-corrected chi connectivity index (χ0v) is 8.82. The van der Waals surface area contributed by atoms with Gasteiger partial charge < -0.3 is 9.84 Å². The van der Waals surface area contributed by atoms with Crippen LogP contribution in [0.15, 0.2) is 16.9 Å². The summed E-state index contributed by atoms with van der Waals surface area (Å²) in [5, 5.41) is 8.94. The van der Waals surface area contributed by atoms with Crippen molar-refractivity contribution in [2.75, 3.05) is 0 Å². The van der Waals surface area contributed by atoms with Gasteiger partial charge in [0, 0.05) is 6.20 Å². The van der Waals surface area contributed by atoms with Gasteiger partial charge in [-0.3, -0.25) is 4.98 Å². The molecular formula is C9H8BrNO3. The third-order valence-electron chi connectivity index (χ3n) is 1.90. The molecule has 74 valence electrons. The molecule has 0 saturated heterocycles. The molecule has 0 radical (unpaired) electrons. The first kappa shape index (κ1) is 9.45. The summed E-state index contributed by atoms with van der Waals surface area (Å²) in [5.74, 6) is -0.663. The van der Waals surface area contributed by atoms with Crippen LogP contribution in [0.5, 0.6) is 5.75 Å². The van der Waals surface area contributed by atoms with E-state index in [2.05, 4.69) is 20.9 Å². The largest absolute Gasteiger partial charge is 0.488 e. The number of aromatic carboxylic acids is 1. The predicted molar refractivity (Wildman–Crippen MR) is 52.5 cm³/mol. The van der Waals surface area contributed by atoms with Gasteiger partial charge in [-0.2, -0.15) is 0 Å². The Hall–Kier alpha value is -1.10. The van der Waals surface area contributed by atoms with E-state index in [4.69, 9.17) is 9.84 Å². The van der Waals surface area contributed by atoms with Crippen molar-refractivity contribution in [3.63, 3.8) is 0 Å². The first-order valence-corrected chi connectivity index (χ1v) is 5.01. The SMILES string of the molecule is O=C(O)c1c(Br)cncc1OC1CC1. The first-order chi connectivity index (χ1) is 6.68. The summed E-state index contributed by atoms with van der Waals surface area (Å²) in [5.41, 5.74) is 0.145. The number of carbonyl (C=O) groups is 1. The van der Waals surface area contributed by atoms with Crippen molar-refractivity contribution >= 4 is 21.9 Å². The normalized spacial score (nSPS) is 15.2. The molecule has 1 aromatic rings. The van der Waals surface area contributed by atoms with E-state index in [1.807, 2.05) is 0 Å². The molecular weight excluding hydrogens is 250 g/mol. The van der Waals surface area contributed by atoms with Crippen molar-refractivity contribution in [1.29, 1.82) is 0 Å². The van der Waals surface area contributed by atoms with Crippen LogP contribution in [0.4, 0.5) is 0 Å². The molecule has 0 spiro atoms.